The molecule has 0 bridgehead atoms. The van der Waals surface area contributed by atoms with Gasteiger partial charge in [0.15, 0.2) is 0 Å². The first kappa shape index (κ1) is 25.6. The van der Waals surface area contributed by atoms with Crippen LogP contribution in [0.25, 0.3) is 0 Å². The fourth-order valence-electron chi connectivity index (χ4n) is 2.36. The van der Waals surface area contributed by atoms with Crippen molar-refractivity contribution in [3.8, 4) is 0 Å². The van der Waals surface area contributed by atoms with Gasteiger partial charge in [-0.05, 0) is 43.4 Å². The van der Waals surface area contributed by atoms with Crippen LogP contribution >= 0.6 is 0 Å². The van der Waals surface area contributed by atoms with Crippen molar-refractivity contribution in [1.29, 1.82) is 0 Å². The molecular weight excluding hydrogens is 392 g/mol. The van der Waals surface area contributed by atoms with Gasteiger partial charge < -0.3 is 14.2 Å². The summed E-state index contributed by atoms with van der Waals surface area (Å²) in [6, 6.07) is 2.70. The number of benzene rings is 1. The zero-order valence-corrected chi connectivity index (χ0v) is 18.3. The second-order valence-corrected chi connectivity index (χ2v) is 6.55. The van der Waals surface area contributed by atoms with Gasteiger partial charge in [0.2, 0.25) is 0 Å². The number of hydrogen-bond acceptors (Lipinski definition) is 8. The molecule has 0 unspecified atom stereocenters. The SMILES string of the molecule is CCCOOCc1cc(C(=O)OCCC)c(C(=O)OCCC)cc1C(=O)OCCC. The van der Waals surface area contributed by atoms with Crippen molar-refractivity contribution in [2.45, 2.75) is 60.0 Å². The van der Waals surface area contributed by atoms with E-state index in [9.17, 15) is 14.4 Å². The fourth-order valence-corrected chi connectivity index (χ4v) is 2.36. The van der Waals surface area contributed by atoms with E-state index in [-0.39, 0.29) is 43.1 Å². The molecule has 1 aromatic carbocycles. The maximum Gasteiger partial charge on any atom is 0.339 e. The number of esters is 3. The first-order valence-corrected chi connectivity index (χ1v) is 10.4. The molecule has 0 aliphatic rings. The van der Waals surface area contributed by atoms with E-state index >= 15 is 0 Å². The molecule has 8 heteroatoms. The van der Waals surface area contributed by atoms with E-state index in [1.165, 1.54) is 12.1 Å². The van der Waals surface area contributed by atoms with Crippen LogP contribution in [0, 0.1) is 0 Å². The van der Waals surface area contributed by atoms with E-state index in [2.05, 4.69) is 0 Å². The van der Waals surface area contributed by atoms with Crippen LogP contribution in [0.5, 0.6) is 0 Å². The van der Waals surface area contributed by atoms with Crippen LogP contribution in [0.4, 0.5) is 0 Å². The monoisotopic (exact) mass is 424 g/mol. The van der Waals surface area contributed by atoms with Crippen LogP contribution in [0.3, 0.4) is 0 Å². The molecule has 1 aromatic rings. The number of carbonyl (C=O) groups excluding carboxylic acids is 3. The van der Waals surface area contributed by atoms with Gasteiger partial charge in [-0.25, -0.2) is 24.2 Å². The summed E-state index contributed by atoms with van der Waals surface area (Å²) >= 11 is 0. The lowest BCUT2D eigenvalue weighted by molar-refractivity contribution is -0.303. The summed E-state index contributed by atoms with van der Waals surface area (Å²) in [6.07, 6.45) is 2.64. The molecule has 0 saturated carbocycles. The van der Waals surface area contributed by atoms with E-state index in [4.69, 9.17) is 24.0 Å². The third kappa shape index (κ3) is 8.12. The fraction of sp³-hybridized carbons (Fsp3) is 0.591. The number of rotatable bonds is 14. The molecule has 168 valence electrons. The molecule has 0 fully saturated rings. The summed E-state index contributed by atoms with van der Waals surface area (Å²) in [4.78, 5) is 47.9. The van der Waals surface area contributed by atoms with E-state index in [0.29, 0.717) is 31.4 Å². The maximum absolute atomic E-state index is 12.6. The lowest BCUT2D eigenvalue weighted by Gasteiger charge is -2.15. The standard InChI is InChI=1S/C22H32O8/c1-5-9-26-20(23)17-14-19(22(25)28-11-7-3)18(21(24)27-10-6-2)13-16(17)15-30-29-12-8-4/h13-14H,5-12,15H2,1-4H3. The molecular formula is C22H32O8. The van der Waals surface area contributed by atoms with Gasteiger partial charge in [0, 0.05) is 0 Å². The third-order valence-corrected chi connectivity index (χ3v) is 3.80. The molecule has 8 nitrogen and oxygen atoms in total. The first-order chi connectivity index (χ1) is 14.5. The summed E-state index contributed by atoms with van der Waals surface area (Å²) in [5.41, 5.74) is 0.415. The van der Waals surface area contributed by atoms with Gasteiger partial charge >= 0.3 is 17.9 Å². The first-order valence-electron chi connectivity index (χ1n) is 10.4. The van der Waals surface area contributed by atoms with Gasteiger partial charge in [-0.1, -0.05) is 27.7 Å². The number of ether oxygens (including phenoxy) is 3. The Morgan fingerprint density at radius 3 is 1.50 bits per heavy atom. The molecule has 0 amide bonds. The van der Waals surface area contributed by atoms with Crippen molar-refractivity contribution in [1.82, 2.24) is 0 Å². The van der Waals surface area contributed by atoms with Crippen molar-refractivity contribution in [2.24, 2.45) is 0 Å². The average Bonchev–Trinajstić information content (AvgIpc) is 2.76. The van der Waals surface area contributed by atoms with Gasteiger partial charge in [-0.2, -0.15) is 0 Å². The Labute approximate surface area is 177 Å². The number of carbonyl (C=O) groups is 3. The second kappa shape index (κ2) is 14.5. The van der Waals surface area contributed by atoms with Crippen LogP contribution in [-0.4, -0.2) is 44.3 Å². The van der Waals surface area contributed by atoms with Crippen LogP contribution in [0.2, 0.25) is 0 Å². The van der Waals surface area contributed by atoms with Crippen molar-refractivity contribution in [3.63, 3.8) is 0 Å². The van der Waals surface area contributed by atoms with Crippen molar-refractivity contribution < 1.29 is 38.4 Å². The number of hydrogen-bond donors (Lipinski definition) is 0. The van der Waals surface area contributed by atoms with Crippen molar-refractivity contribution >= 4 is 17.9 Å². The molecule has 0 spiro atoms. The van der Waals surface area contributed by atoms with E-state index in [1.807, 2.05) is 27.7 Å². The zero-order valence-electron chi connectivity index (χ0n) is 18.3. The van der Waals surface area contributed by atoms with Gasteiger partial charge in [-0.15, -0.1) is 0 Å². The van der Waals surface area contributed by atoms with E-state index in [1.54, 1.807) is 0 Å². The Hall–Kier alpha value is -2.45. The van der Waals surface area contributed by atoms with Crippen LogP contribution in [0.15, 0.2) is 12.1 Å². The molecule has 0 aromatic heterocycles. The topological polar surface area (TPSA) is 97.4 Å². The average molecular weight is 424 g/mol. The largest absolute Gasteiger partial charge is 0.462 e. The van der Waals surface area contributed by atoms with Crippen LogP contribution in [-0.2, 0) is 30.6 Å². The smallest absolute Gasteiger partial charge is 0.339 e. The Morgan fingerprint density at radius 2 is 1.03 bits per heavy atom. The third-order valence-electron chi connectivity index (χ3n) is 3.80. The quantitative estimate of drug-likeness (QED) is 0.144. The molecule has 30 heavy (non-hydrogen) atoms. The molecule has 1 rings (SSSR count). The van der Waals surface area contributed by atoms with E-state index in [0.717, 1.165) is 6.42 Å². The Bertz CT molecular complexity index is 699. The zero-order chi connectivity index (χ0) is 22.4. The van der Waals surface area contributed by atoms with Gasteiger partial charge in [0.05, 0.1) is 43.1 Å². The maximum atomic E-state index is 12.6. The minimum absolute atomic E-state index is 0.00526. The molecule has 0 aliphatic heterocycles. The summed E-state index contributed by atoms with van der Waals surface area (Å²) < 4.78 is 15.6. The molecule has 0 aliphatic carbocycles. The highest BCUT2D eigenvalue weighted by Gasteiger charge is 2.25. The van der Waals surface area contributed by atoms with E-state index < -0.39 is 17.9 Å². The minimum Gasteiger partial charge on any atom is -0.462 e. The summed E-state index contributed by atoms with van der Waals surface area (Å²) in [6.45, 7) is 8.40. The highest BCUT2D eigenvalue weighted by molar-refractivity contribution is 6.05. The predicted molar refractivity (Wildman–Crippen MR) is 109 cm³/mol. The molecule has 0 heterocycles. The van der Waals surface area contributed by atoms with Crippen LogP contribution in [0.1, 0.15) is 90.0 Å². The van der Waals surface area contributed by atoms with Crippen LogP contribution < -0.4 is 0 Å². The lowest BCUT2D eigenvalue weighted by Crippen LogP contribution is -2.19. The van der Waals surface area contributed by atoms with Gasteiger partial charge in [-0.3, -0.25) is 0 Å². The van der Waals surface area contributed by atoms with Gasteiger partial charge in [0.1, 0.15) is 6.61 Å². The molecule has 0 atom stereocenters. The van der Waals surface area contributed by atoms with Gasteiger partial charge in [0.25, 0.3) is 0 Å². The highest BCUT2D eigenvalue weighted by Crippen LogP contribution is 2.22. The normalized spacial score (nSPS) is 10.5. The summed E-state index contributed by atoms with van der Waals surface area (Å²) in [5, 5.41) is 0. The second-order valence-electron chi connectivity index (χ2n) is 6.55. The molecule has 0 N–H and O–H groups in total. The minimum atomic E-state index is -0.709. The Balaban J connectivity index is 3.37. The highest BCUT2D eigenvalue weighted by atomic mass is 17.2. The summed E-state index contributed by atoms with van der Waals surface area (Å²) in [7, 11) is 0. The molecule has 0 radical (unpaired) electrons. The summed E-state index contributed by atoms with van der Waals surface area (Å²) in [5.74, 6) is -2.01. The Morgan fingerprint density at radius 1 is 0.600 bits per heavy atom. The molecule has 0 saturated heterocycles. The lowest BCUT2D eigenvalue weighted by atomic mass is 9.98. The predicted octanol–water partition coefficient (Wildman–Crippen LogP) is 4.25. The van der Waals surface area contributed by atoms with Crippen molar-refractivity contribution in [2.75, 3.05) is 26.4 Å². The Kier molecular flexibility index (Phi) is 12.4. The van der Waals surface area contributed by atoms with Crippen molar-refractivity contribution in [3.05, 3.63) is 34.4 Å².